The van der Waals surface area contributed by atoms with E-state index in [0.717, 1.165) is 17.7 Å². The predicted molar refractivity (Wildman–Crippen MR) is 117 cm³/mol. The predicted octanol–water partition coefficient (Wildman–Crippen LogP) is 1.92. The monoisotopic (exact) mass is 507 g/mol. The second kappa shape index (κ2) is 11.3. The molecule has 0 amide bonds. The van der Waals surface area contributed by atoms with Crippen molar-refractivity contribution in [2.24, 2.45) is 5.14 Å². The Morgan fingerprint density at radius 1 is 0.781 bits per heavy atom. The summed E-state index contributed by atoms with van der Waals surface area (Å²) in [6.45, 7) is 0.878. The van der Waals surface area contributed by atoms with E-state index < -0.39 is 36.0 Å². The van der Waals surface area contributed by atoms with Gasteiger partial charge < -0.3 is 5.11 Å². The van der Waals surface area contributed by atoms with Crippen molar-refractivity contribution in [3.05, 3.63) is 72.8 Å². The lowest BCUT2D eigenvalue weighted by Gasteiger charge is -2.05. The Hall–Kier alpha value is -2.59. The second-order valence-electron chi connectivity index (χ2n) is 5.97. The molecular formula is C18H21NO10S3. The van der Waals surface area contributed by atoms with Gasteiger partial charge in [-0.25, -0.2) is 17.7 Å². The number of sulfonamides is 1. The van der Waals surface area contributed by atoms with Gasteiger partial charge in [0, 0.05) is 5.39 Å². The van der Waals surface area contributed by atoms with Crippen molar-refractivity contribution < 1.29 is 43.6 Å². The third-order valence-corrected chi connectivity index (χ3v) is 6.07. The third-order valence-electron chi connectivity index (χ3n) is 3.53. The summed E-state index contributed by atoms with van der Waals surface area (Å²) < 4.78 is 81.2. The Morgan fingerprint density at radius 3 is 1.69 bits per heavy atom. The number of primary sulfonamides is 1. The van der Waals surface area contributed by atoms with Gasteiger partial charge in [-0.15, -0.1) is 0 Å². The molecule has 0 bridgehead atoms. The SMILES string of the molecule is CC(OS(=O)(=O)O)S(N)(=O)=O.O=S(=O)(O)c1ccccc1.Oc1cccc2ccccc12. The highest BCUT2D eigenvalue weighted by Gasteiger charge is 2.22. The van der Waals surface area contributed by atoms with Crippen LogP contribution in [0.3, 0.4) is 0 Å². The number of phenolic OH excluding ortho intramolecular Hbond substituents is 1. The van der Waals surface area contributed by atoms with E-state index in [1.807, 2.05) is 36.4 Å². The zero-order chi connectivity index (χ0) is 24.6. The van der Waals surface area contributed by atoms with Gasteiger partial charge in [-0.3, -0.25) is 9.11 Å². The van der Waals surface area contributed by atoms with E-state index in [-0.39, 0.29) is 4.90 Å². The minimum Gasteiger partial charge on any atom is -0.507 e. The first-order valence-corrected chi connectivity index (χ1v) is 12.9. The zero-order valence-corrected chi connectivity index (χ0v) is 19.0. The van der Waals surface area contributed by atoms with Crippen molar-refractivity contribution in [3.63, 3.8) is 0 Å². The molecule has 176 valence electrons. The molecule has 3 rings (SSSR count). The first-order valence-electron chi connectivity index (χ1n) is 8.48. The number of phenols is 1. The molecule has 0 heterocycles. The number of fused-ring (bicyclic) bond motifs is 1. The average molecular weight is 508 g/mol. The number of aromatic hydroxyl groups is 1. The summed E-state index contributed by atoms with van der Waals surface area (Å²) in [6.07, 6.45) is 0. The maximum absolute atomic E-state index is 10.4. The van der Waals surface area contributed by atoms with Crippen molar-refractivity contribution >= 4 is 41.3 Å². The summed E-state index contributed by atoms with van der Waals surface area (Å²) in [5.74, 6) is 0.350. The Balaban J connectivity index is 0.000000240. The van der Waals surface area contributed by atoms with Crippen LogP contribution in [0, 0.1) is 0 Å². The Morgan fingerprint density at radius 2 is 1.28 bits per heavy atom. The molecule has 0 aliphatic rings. The van der Waals surface area contributed by atoms with Crippen LogP contribution in [-0.2, 0) is 34.7 Å². The molecule has 1 atom stereocenters. The topological polar surface area (TPSA) is 198 Å². The highest BCUT2D eigenvalue weighted by Crippen LogP contribution is 2.22. The highest BCUT2D eigenvalue weighted by atomic mass is 32.3. The average Bonchev–Trinajstić information content (AvgIpc) is 2.68. The summed E-state index contributed by atoms with van der Waals surface area (Å²) in [6, 6.07) is 20.7. The lowest BCUT2D eigenvalue weighted by Crippen LogP contribution is -2.30. The summed E-state index contributed by atoms with van der Waals surface area (Å²) in [5.41, 5.74) is -1.78. The summed E-state index contributed by atoms with van der Waals surface area (Å²) >= 11 is 0. The number of nitrogens with two attached hydrogens (primary N) is 1. The van der Waals surface area contributed by atoms with Crippen LogP contribution < -0.4 is 5.14 Å². The fourth-order valence-electron chi connectivity index (χ4n) is 2.03. The number of hydrogen-bond acceptors (Lipinski definition) is 8. The Bertz CT molecular complexity index is 1330. The van der Waals surface area contributed by atoms with Crippen LogP contribution in [0.2, 0.25) is 0 Å². The van der Waals surface area contributed by atoms with Gasteiger partial charge >= 0.3 is 10.4 Å². The molecule has 32 heavy (non-hydrogen) atoms. The number of benzene rings is 3. The van der Waals surface area contributed by atoms with Gasteiger partial charge in [0.2, 0.25) is 10.0 Å². The van der Waals surface area contributed by atoms with Crippen LogP contribution in [-0.4, -0.2) is 44.9 Å². The van der Waals surface area contributed by atoms with Crippen LogP contribution in [0.1, 0.15) is 6.92 Å². The summed E-state index contributed by atoms with van der Waals surface area (Å²) in [4.78, 5) is -0.0741. The molecule has 14 heteroatoms. The van der Waals surface area contributed by atoms with Crippen LogP contribution in [0.5, 0.6) is 5.75 Å². The molecule has 0 aromatic heterocycles. The largest absolute Gasteiger partial charge is 0.507 e. The molecular weight excluding hydrogens is 486 g/mol. The van der Waals surface area contributed by atoms with E-state index in [2.05, 4.69) is 9.32 Å². The molecule has 3 aromatic carbocycles. The van der Waals surface area contributed by atoms with E-state index in [0.29, 0.717) is 5.75 Å². The molecule has 5 N–H and O–H groups in total. The Kier molecular flexibility index (Phi) is 9.71. The first-order chi connectivity index (χ1) is 14.6. The quantitative estimate of drug-likeness (QED) is 0.378. The first kappa shape index (κ1) is 27.4. The number of rotatable bonds is 4. The normalized spacial score (nSPS) is 12.6. The van der Waals surface area contributed by atoms with Crippen LogP contribution in [0.4, 0.5) is 0 Å². The van der Waals surface area contributed by atoms with Gasteiger partial charge in [0.1, 0.15) is 5.75 Å². The fourth-order valence-corrected chi connectivity index (χ4v) is 3.61. The van der Waals surface area contributed by atoms with Crippen molar-refractivity contribution in [3.8, 4) is 5.75 Å². The summed E-state index contributed by atoms with van der Waals surface area (Å²) in [5, 5.41) is 15.8. The molecule has 0 aliphatic heterocycles. The second-order valence-corrected chi connectivity index (χ2v) is 10.3. The molecule has 3 aromatic rings. The standard InChI is InChI=1S/C10H8O.C6H6O3S.C2H7NO6S2/c11-10-7-3-5-8-4-1-2-6-9(8)10;7-10(8,9)6-4-2-1-3-5-6;1-2(10(3,4)5)9-11(6,7)8/h1-7,11H;1-5H,(H,7,8,9);2H,1H3,(H2,3,4,5)(H,6,7,8). The maximum atomic E-state index is 10.4. The van der Waals surface area contributed by atoms with Crippen molar-refractivity contribution in [1.82, 2.24) is 0 Å². The number of hydrogen-bond donors (Lipinski definition) is 4. The van der Waals surface area contributed by atoms with Crippen LogP contribution in [0.15, 0.2) is 77.7 Å². The summed E-state index contributed by atoms with van der Waals surface area (Å²) in [7, 11) is -12.9. The maximum Gasteiger partial charge on any atom is 0.398 e. The van der Waals surface area contributed by atoms with E-state index in [4.69, 9.17) is 9.11 Å². The molecule has 0 spiro atoms. The van der Waals surface area contributed by atoms with Gasteiger partial charge in [-0.2, -0.15) is 16.8 Å². The van der Waals surface area contributed by atoms with E-state index in [1.54, 1.807) is 24.3 Å². The van der Waals surface area contributed by atoms with Crippen LogP contribution >= 0.6 is 0 Å². The molecule has 11 nitrogen and oxygen atoms in total. The smallest absolute Gasteiger partial charge is 0.398 e. The fraction of sp³-hybridized carbons (Fsp3) is 0.111. The minimum absolute atomic E-state index is 0.0741. The van der Waals surface area contributed by atoms with E-state index >= 15 is 0 Å². The van der Waals surface area contributed by atoms with E-state index in [9.17, 15) is 30.4 Å². The van der Waals surface area contributed by atoms with Crippen LogP contribution in [0.25, 0.3) is 10.8 Å². The van der Waals surface area contributed by atoms with Crippen molar-refractivity contribution in [2.45, 2.75) is 17.3 Å². The van der Waals surface area contributed by atoms with Crippen molar-refractivity contribution in [2.75, 3.05) is 0 Å². The van der Waals surface area contributed by atoms with Gasteiger partial charge in [0.15, 0.2) is 5.44 Å². The van der Waals surface area contributed by atoms with Gasteiger partial charge in [0.25, 0.3) is 10.1 Å². The molecule has 0 saturated carbocycles. The molecule has 0 aliphatic carbocycles. The van der Waals surface area contributed by atoms with Crippen molar-refractivity contribution in [1.29, 1.82) is 0 Å². The molecule has 1 unspecified atom stereocenters. The highest BCUT2D eigenvalue weighted by molar-refractivity contribution is 7.90. The zero-order valence-electron chi connectivity index (χ0n) is 16.5. The lowest BCUT2D eigenvalue weighted by molar-refractivity contribution is 0.251. The molecule has 0 saturated heterocycles. The minimum atomic E-state index is -4.77. The molecule has 0 fully saturated rings. The third kappa shape index (κ3) is 10.1. The van der Waals surface area contributed by atoms with E-state index in [1.165, 1.54) is 12.1 Å². The van der Waals surface area contributed by atoms with Gasteiger partial charge in [-0.05, 0) is 30.5 Å². The van der Waals surface area contributed by atoms with Gasteiger partial charge in [0.05, 0.1) is 4.90 Å². The Labute approximate surface area is 185 Å². The molecule has 0 radical (unpaired) electrons. The lowest BCUT2D eigenvalue weighted by atomic mass is 10.1. The van der Waals surface area contributed by atoms with Gasteiger partial charge in [-0.1, -0.05) is 54.6 Å².